The molecular weight excluding hydrogens is 298 g/mol. The van der Waals surface area contributed by atoms with Gasteiger partial charge < -0.3 is 4.90 Å². The van der Waals surface area contributed by atoms with Crippen molar-refractivity contribution in [1.29, 1.82) is 0 Å². The molecule has 0 aliphatic carbocycles. The summed E-state index contributed by atoms with van der Waals surface area (Å²) in [6.45, 7) is 9.35. The fraction of sp³-hybridized carbons (Fsp3) is 0.429. The van der Waals surface area contributed by atoms with E-state index in [1.54, 1.807) is 0 Å². The summed E-state index contributed by atoms with van der Waals surface area (Å²) in [6, 6.07) is 15.8. The van der Waals surface area contributed by atoms with E-state index >= 15 is 0 Å². The van der Waals surface area contributed by atoms with E-state index in [9.17, 15) is 0 Å². The predicted octanol–water partition coefficient (Wildman–Crippen LogP) is 6.70. The summed E-state index contributed by atoms with van der Waals surface area (Å²) in [5.41, 5.74) is 4.15. The molecule has 0 radical (unpaired) electrons. The lowest BCUT2D eigenvalue weighted by atomic mass is 9.82. The molecule has 0 fully saturated rings. The highest BCUT2D eigenvalue weighted by Gasteiger charge is 2.23. The molecule has 23 heavy (non-hydrogen) atoms. The Morgan fingerprint density at radius 3 is 2.30 bits per heavy atom. The Kier molecular flexibility index (Phi) is 4.72. The zero-order valence-electron chi connectivity index (χ0n) is 14.8. The quantitative estimate of drug-likeness (QED) is 0.615. The van der Waals surface area contributed by atoms with Gasteiger partial charge in [0, 0.05) is 16.8 Å². The van der Waals surface area contributed by atoms with Crippen LogP contribution in [-0.4, -0.2) is 7.05 Å². The van der Waals surface area contributed by atoms with E-state index < -0.39 is 0 Å². The molecule has 1 unspecified atom stereocenters. The fourth-order valence-corrected chi connectivity index (χ4v) is 4.61. The molecule has 122 valence electrons. The molecule has 0 saturated carbocycles. The summed E-state index contributed by atoms with van der Waals surface area (Å²) >= 11 is 1.89. The molecule has 1 atom stereocenters. The van der Waals surface area contributed by atoms with Gasteiger partial charge in [0.15, 0.2) is 0 Å². The SMILES string of the molecule is CC(C)CC(c1ccc2c(c1)N(C)c1ccccc1S2)C(C)C. The Bertz CT molecular complexity index is 690. The van der Waals surface area contributed by atoms with Gasteiger partial charge in [0.05, 0.1) is 11.4 Å². The highest BCUT2D eigenvalue weighted by molar-refractivity contribution is 7.99. The smallest absolute Gasteiger partial charge is 0.0553 e. The van der Waals surface area contributed by atoms with E-state index in [0.29, 0.717) is 11.8 Å². The van der Waals surface area contributed by atoms with Gasteiger partial charge in [0.2, 0.25) is 0 Å². The zero-order chi connectivity index (χ0) is 16.6. The van der Waals surface area contributed by atoms with Crippen LogP contribution >= 0.6 is 11.8 Å². The van der Waals surface area contributed by atoms with Crippen LogP contribution in [0.15, 0.2) is 52.3 Å². The van der Waals surface area contributed by atoms with Crippen molar-refractivity contribution >= 4 is 23.1 Å². The third kappa shape index (κ3) is 3.28. The molecule has 2 aromatic rings. The molecule has 0 bridgehead atoms. The molecule has 1 nitrogen and oxygen atoms in total. The van der Waals surface area contributed by atoms with Gasteiger partial charge in [0.25, 0.3) is 0 Å². The number of hydrogen-bond acceptors (Lipinski definition) is 2. The number of hydrogen-bond donors (Lipinski definition) is 0. The average molecular weight is 326 g/mol. The third-order valence-corrected chi connectivity index (χ3v) is 5.88. The lowest BCUT2D eigenvalue weighted by Gasteiger charge is -2.31. The lowest BCUT2D eigenvalue weighted by Crippen LogP contribution is -2.16. The summed E-state index contributed by atoms with van der Waals surface area (Å²) in [5, 5.41) is 0. The maximum absolute atomic E-state index is 2.42. The van der Waals surface area contributed by atoms with E-state index in [2.05, 4.69) is 82.1 Å². The van der Waals surface area contributed by atoms with Crippen molar-refractivity contribution in [1.82, 2.24) is 0 Å². The summed E-state index contributed by atoms with van der Waals surface area (Å²) in [7, 11) is 2.19. The lowest BCUT2D eigenvalue weighted by molar-refractivity contribution is 0.408. The van der Waals surface area contributed by atoms with E-state index in [1.807, 2.05) is 11.8 Å². The molecule has 2 heteroatoms. The Balaban J connectivity index is 1.98. The van der Waals surface area contributed by atoms with Gasteiger partial charge in [-0.05, 0) is 54.0 Å². The highest BCUT2D eigenvalue weighted by Crippen LogP contribution is 2.48. The Labute approximate surface area is 145 Å². The Morgan fingerprint density at radius 2 is 1.61 bits per heavy atom. The first-order valence-electron chi connectivity index (χ1n) is 8.62. The van der Waals surface area contributed by atoms with Crippen molar-refractivity contribution < 1.29 is 0 Å². The van der Waals surface area contributed by atoms with Gasteiger partial charge in [-0.1, -0.05) is 57.7 Å². The Hall–Kier alpha value is -1.41. The number of rotatable bonds is 4. The van der Waals surface area contributed by atoms with Crippen molar-refractivity contribution in [2.24, 2.45) is 11.8 Å². The molecule has 3 rings (SSSR count). The van der Waals surface area contributed by atoms with Crippen LogP contribution in [0.2, 0.25) is 0 Å². The molecule has 0 amide bonds. The maximum Gasteiger partial charge on any atom is 0.0553 e. The van der Waals surface area contributed by atoms with Crippen LogP contribution in [0, 0.1) is 11.8 Å². The summed E-state index contributed by atoms with van der Waals surface area (Å²) in [5.74, 6) is 2.03. The summed E-state index contributed by atoms with van der Waals surface area (Å²) < 4.78 is 0. The van der Waals surface area contributed by atoms with E-state index in [1.165, 1.54) is 33.2 Å². The van der Waals surface area contributed by atoms with Crippen LogP contribution in [0.25, 0.3) is 0 Å². The van der Waals surface area contributed by atoms with Gasteiger partial charge in [0.1, 0.15) is 0 Å². The second kappa shape index (κ2) is 6.60. The molecule has 0 N–H and O–H groups in total. The number of anilines is 2. The number of benzene rings is 2. The molecule has 0 aromatic heterocycles. The van der Waals surface area contributed by atoms with E-state index in [0.717, 1.165) is 5.92 Å². The van der Waals surface area contributed by atoms with Gasteiger partial charge in [-0.2, -0.15) is 0 Å². The summed E-state index contributed by atoms with van der Waals surface area (Å²) in [6.07, 6.45) is 1.25. The predicted molar refractivity (Wildman–Crippen MR) is 102 cm³/mol. The zero-order valence-corrected chi connectivity index (χ0v) is 15.7. The fourth-order valence-electron chi connectivity index (χ4n) is 3.48. The van der Waals surface area contributed by atoms with Crippen molar-refractivity contribution in [3.05, 3.63) is 48.0 Å². The highest BCUT2D eigenvalue weighted by atomic mass is 32.2. The average Bonchev–Trinajstić information content (AvgIpc) is 2.52. The molecular formula is C21H27NS. The second-order valence-electron chi connectivity index (χ2n) is 7.34. The van der Waals surface area contributed by atoms with Crippen molar-refractivity contribution in [3.63, 3.8) is 0 Å². The normalized spacial score (nSPS) is 14.8. The first kappa shape index (κ1) is 16.4. The first-order valence-corrected chi connectivity index (χ1v) is 9.43. The Morgan fingerprint density at radius 1 is 0.913 bits per heavy atom. The number of para-hydroxylation sites is 1. The monoisotopic (exact) mass is 325 g/mol. The van der Waals surface area contributed by atoms with Gasteiger partial charge in [-0.15, -0.1) is 0 Å². The van der Waals surface area contributed by atoms with Crippen LogP contribution in [0.5, 0.6) is 0 Å². The van der Waals surface area contributed by atoms with Crippen LogP contribution in [0.3, 0.4) is 0 Å². The number of fused-ring (bicyclic) bond motifs is 2. The first-order chi connectivity index (χ1) is 11.0. The third-order valence-electron chi connectivity index (χ3n) is 4.75. The molecule has 1 heterocycles. The van der Waals surface area contributed by atoms with Crippen LogP contribution in [0.1, 0.15) is 45.6 Å². The van der Waals surface area contributed by atoms with Crippen LogP contribution in [-0.2, 0) is 0 Å². The van der Waals surface area contributed by atoms with E-state index in [4.69, 9.17) is 0 Å². The molecule has 1 aliphatic rings. The van der Waals surface area contributed by atoms with Gasteiger partial charge in [-0.25, -0.2) is 0 Å². The summed E-state index contributed by atoms with van der Waals surface area (Å²) in [4.78, 5) is 5.05. The minimum atomic E-state index is 0.635. The molecule has 1 aliphatic heterocycles. The molecule has 2 aromatic carbocycles. The van der Waals surface area contributed by atoms with Crippen molar-refractivity contribution in [2.75, 3.05) is 11.9 Å². The number of nitrogens with zero attached hydrogens (tertiary/aromatic N) is 1. The van der Waals surface area contributed by atoms with Crippen LogP contribution < -0.4 is 4.90 Å². The van der Waals surface area contributed by atoms with Gasteiger partial charge >= 0.3 is 0 Å². The minimum absolute atomic E-state index is 0.635. The second-order valence-corrected chi connectivity index (χ2v) is 8.42. The minimum Gasteiger partial charge on any atom is -0.343 e. The van der Waals surface area contributed by atoms with Crippen molar-refractivity contribution in [3.8, 4) is 0 Å². The topological polar surface area (TPSA) is 3.24 Å². The molecule has 0 saturated heterocycles. The maximum atomic E-state index is 2.42. The standard InChI is InChI=1S/C21H27NS/c1-14(2)12-17(15(3)4)16-10-11-21-19(13-16)22(5)18-8-6-7-9-20(18)23-21/h6-11,13-15,17H,12H2,1-5H3. The van der Waals surface area contributed by atoms with E-state index in [-0.39, 0.29) is 0 Å². The molecule has 0 spiro atoms. The van der Waals surface area contributed by atoms with Gasteiger partial charge in [-0.3, -0.25) is 0 Å². The van der Waals surface area contributed by atoms with Crippen molar-refractivity contribution in [2.45, 2.75) is 49.8 Å². The largest absolute Gasteiger partial charge is 0.343 e. The van der Waals surface area contributed by atoms with Crippen LogP contribution in [0.4, 0.5) is 11.4 Å².